The Kier molecular flexibility index (Phi) is 4.52. The molecule has 0 saturated heterocycles. The molecule has 0 aliphatic heterocycles. The van der Waals surface area contributed by atoms with Gasteiger partial charge < -0.3 is 5.11 Å². The van der Waals surface area contributed by atoms with Crippen LogP contribution in [0.1, 0.15) is 25.6 Å². The monoisotopic (exact) mass is 291 g/mol. The Labute approximate surface area is 111 Å². The normalized spacial score (nSPS) is 14.4. The van der Waals surface area contributed by atoms with Gasteiger partial charge >= 0.3 is 5.97 Å². The molecule has 7 heteroatoms. The highest BCUT2D eigenvalue weighted by Gasteiger charge is 2.33. The fraction of sp³-hybridized carbons (Fsp3) is 0.545. The number of hydrogen-bond acceptors (Lipinski definition) is 4. The summed E-state index contributed by atoms with van der Waals surface area (Å²) in [6.45, 7) is 4.58. The predicted molar refractivity (Wildman–Crippen MR) is 71.3 cm³/mol. The van der Waals surface area contributed by atoms with E-state index in [9.17, 15) is 13.2 Å². The summed E-state index contributed by atoms with van der Waals surface area (Å²) < 4.78 is 25.1. The van der Waals surface area contributed by atoms with Crippen LogP contribution in [0, 0.1) is 0 Å². The zero-order chi connectivity index (χ0) is 14.0. The SMILES string of the molecule is CC(C)(C)S(=O)(=O)N[C@@H](Cc1cccs1)C(=O)O. The zero-order valence-electron chi connectivity index (χ0n) is 10.5. The molecule has 0 spiro atoms. The second-order valence-corrected chi connectivity index (χ2v) is 8.41. The van der Waals surface area contributed by atoms with Crippen molar-refractivity contribution >= 4 is 27.3 Å². The molecule has 1 heterocycles. The van der Waals surface area contributed by atoms with E-state index in [0.717, 1.165) is 4.88 Å². The van der Waals surface area contributed by atoms with E-state index < -0.39 is 26.8 Å². The molecular formula is C11H17NO4S2. The molecule has 0 saturated carbocycles. The number of hydrogen-bond donors (Lipinski definition) is 2. The van der Waals surface area contributed by atoms with Crippen LogP contribution in [-0.4, -0.2) is 30.3 Å². The molecule has 1 rings (SSSR count). The molecule has 0 aliphatic carbocycles. The Morgan fingerprint density at radius 2 is 2.11 bits per heavy atom. The van der Waals surface area contributed by atoms with Gasteiger partial charge in [-0.1, -0.05) is 6.07 Å². The van der Waals surface area contributed by atoms with E-state index in [2.05, 4.69) is 4.72 Å². The quantitative estimate of drug-likeness (QED) is 0.860. The van der Waals surface area contributed by atoms with Crippen LogP contribution in [0.5, 0.6) is 0 Å². The maximum atomic E-state index is 11.9. The van der Waals surface area contributed by atoms with Crippen LogP contribution >= 0.6 is 11.3 Å². The lowest BCUT2D eigenvalue weighted by Gasteiger charge is -2.23. The smallest absolute Gasteiger partial charge is 0.322 e. The van der Waals surface area contributed by atoms with E-state index in [4.69, 9.17) is 5.11 Å². The first-order valence-electron chi connectivity index (χ1n) is 5.40. The molecule has 0 amide bonds. The van der Waals surface area contributed by atoms with Crippen molar-refractivity contribution in [1.82, 2.24) is 4.72 Å². The molecule has 0 aliphatic rings. The number of sulfonamides is 1. The third-order valence-corrected chi connectivity index (χ3v) is 5.49. The number of carboxylic acid groups (broad SMARTS) is 1. The van der Waals surface area contributed by atoms with E-state index in [1.165, 1.54) is 32.1 Å². The van der Waals surface area contributed by atoms with Crippen molar-refractivity contribution in [3.8, 4) is 0 Å². The summed E-state index contributed by atoms with van der Waals surface area (Å²) in [5.74, 6) is -1.17. The van der Waals surface area contributed by atoms with Crippen LogP contribution in [0.25, 0.3) is 0 Å². The average Bonchev–Trinajstić information content (AvgIpc) is 2.67. The van der Waals surface area contributed by atoms with E-state index in [1.54, 1.807) is 12.1 Å². The van der Waals surface area contributed by atoms with E-state index in [0.29, 0.717) is 0 Å². The molecule has 0 radical (unpaired) electrons. The lowest BCUT2D eigenvalue weighted by Crippen LogP contribution is -2.48. The first-order chi connectivity index (χ1) is 8.13. The predicted octanol–water partition coefficient (Wildman–Crippen LogP) is 1.46. The second-order valence-electron chi connectivity index (χ2n) is 4.91. The first kappa shape index (κ1) is 15.1. The second kappa shape index (κ2) is 5.38. The van der Waals surface area contributed by atoms with Crippen LogP contribution in [0.15, 0.2) is 17.5 Å². The molecule has 1 aromatic rings. The molecule has 18 heavy (non-hydrogen) atoms. The Morgan fingerprint density at radius 1 is 1.50 bits per heavy atom. The molecule has 0 bridgehead atoms. The highest BCUT2D eigenvalue weighted by Crippen LogP contribution is 2.16. The van der Waals surface area contributed by atoms with E-state index >= 15 is 0 Å². The van der Waals surface area contributed by atoms with Gasteiger partial charge in [-0.15, -0.1) is 11.3 Å². The maximum Gasteiger partial charge on any atom is 0.322 e. The fourth-order valence-corrected chi connectivity index (χ4v) is 2.84. The highest BCUT2D eigenvalue weighted by atomic mass is 32.2. The molecule has 0 aromatic carbocycles. The largest absolute Gasteiger partial charge is 0.480 e. The van der Waals surface area contributed by atoms with Crippen molar-refractivity contribution in [3.05, 3.63) is 22.4 Å². The molecule has 2 N–H and O–H groups in total. The summed E-state index contributed by atoms with van der Waals surface area (Å²) in [6.07, 6.45) is 0.155. The van der Waals surface area contributed by atoms with Gasteiger partial charge in [0.2, 0.25) is 10.0 Å². The Balaban J connectivity index is 2.86. The highest BCUT2D eigenvalue weighted by molar-refractivity contribution is 7.90. The van der Waals surface area contributed by atoms with E-state index in [-0.39, 0.29) is 6.42 Å². The maximum absolute atomic E-state index is 11.9. The number of carboxylic acids is 1. The molecule has 0 unspecified atom stereocenters. The lowest BCUT2D eigenvalue weighted by atomic mass is 10.2. The van der Waals surface area contributed by atoms with Gasteiger partial charge in [-0.2, -0.15) is 0 Å². The van der Waals surface area contributed by atoms with Gasteiger partial charge in [-0.25, -0.2) is 13.1 Å². The van der Waals surface area contributed by atoms with Gasteiger partial charge in [0.15, 0.2) is 0 Å². The van der Waals surface area contributed by atoms with Gasteiger partial charge in [-0.05, 0) is 32.2 Å². The molecule has 1 aromatic heterocycles. The zero-order valence-corrected chi connectivity index (χ0v) is 12.1. The number of carbonyl (C=O) groups is 1. The fourth-order valence-electron chi connectivity index (χ4n) is 1.17. The van der Waals surface area contributed by atoms with Crippen LogP contribution in [-0.2, 0) is 21.2 Å². The topological polar surface area (TPSA) is 83.5 Å². The Morgan fingerprint density at radius 3 is 2.50 bits per heavy atom. The van der Waals surface area contributed by atoms with Gasteiger partial charge in [0.1, 0.15) is 6.04 Å². The minimum absolute atomic E-state index is 0.155. The standard InChI is InChI=1S/C11H17NO4S2/c1-11(2,3)18(15,16)12-9(10(13)14)7-8-5-4-6-17-8/h4-6,9,12H,7H2,1-3H3,(H,13,14)/t9-/m0/s1. The van der Waals surface area contributed by atoms with Gasteiger partial charge in [0.05, 0.1) is 4.75 Å². The lowest BCUT2D eigenvalue weighted by molar-refractivity contribution is -0.138. The molecule has 1 atom stereocenters. The number of nitrogens with one attached hydrogen (secondary N) is 1. The number of rotatable bonds is 5. The summed E-state index contributed by atoms with van der Waals surface area (Å²) in [6, 6.07) is 2.45. The summed E-state index contributed by atoms with van der Waals surface area (Å²) in [7, 11) is -3.67. The van der Waals surface area contributed by atoms with Crippen molar-refractivity contribution in [2.24, 2.45) is 0 Å². The van der Waals surface area contributed by atoms with Crippen molar-refractivity contribution in [3.63, 3.8) is 0 Å². The van der Waals surface area contributed by atoms with E-state index in [1.807, 2.05) is 5.38 Å². The summed E-state index contributed by atoms with van der Waals surface area (Å²) in [4.78, 5) is 11.9. The van der Waals surface area contributed by atoms with Crippen molar-refractivity contribution in [1.29, 1.82) is 0 Å². The molecule has 5 nitrogen and oxygen atoms in total. The minimum Gasteiger partial charge on any atom is -0.480 e. The van der Waals surface area contributed by atoms with Crippen LogP contribution in [0.4, 0.5) is 0 Å². The van der Waals surface area contributed by atoms with Crippen LogP contribution in [0.3, 0.4) is 0 Å². The first-order valence-corrected chi connectivity index (χ1v) is 7.77. The summed E-state index contributed by atoms with van der Waals surface area (Å²) in [5, 5.41) is 10.9. The third-order valence-electron chi connectivity index (χ3n) is 2.39. The van der Waals surface area contributed by atoms with Gasteiger partial charge in [-0.3, -0.25) is 4.79 Å². The van der Waals surface area contributed by atoms with Crippen molar-refractivity contribution in [2.45, 2.75) is 38.0 Å². The summed E-state index contributed by atoms with van der Waals surface area (Å²) in [5.41, 5.74) is 0. The number of thiophene rings is 1. The number of aliphatic carboxylic acids is 1. The van der Waals surface area contributed by atoms with Crippen molar-refractivity contribution < 1.29 is 18.3 Å². The van der Waals surface area contributed by atoms with Crippen LogP contribution < -0.4 is 4.72 Å². The Bertz CT molecular complexity index is 500. The molecule has 102 valence electrons. The Hall–Kier alpha value is -0.920. The van der Waals surface area contributed by atoms with Gasteiger partial charge in [0.25, 0.3) is 0 Å². The molecule has 0 fully saturated rings. The third kappa shape index (κ3) is 3.79. The van der Waals surface area contributed by atoms with Gasteiger partial charge in [0, 0.05) is 11.3 Å². The average molecular weight is 291 g/mol. The molecular weight excluding hydrogens is 274 g/mol. The summed E-state index contributed by atoms with van der Waals surface area (Å²) >= 11 is 1.40. The minimum atomic E-state index is -3.67. The van der Waals surface area contributed by atoms with Crippen LogP contribution in [0.2, 0.25) is 0 Å². The van der Waals surface area contributed by atoms with Crippen molar-refractivity contribution in [2.75, 3.05) is 0 Å².